The minimum atomic E-state index is -0.276. The third-order valence-corrected chi connectivity index (χ3v) is 3.05. The topological polar surface area (TPSA) is 46.5 Å². The van der Waals surface area contributed by atoms with E-state index in [4.69, 9.17) is 4.74 Å². The van der Waals surface area contributed by atoms with Gasteiger partial charge in [-0.25, -0.2) is 0 Å². The first-order chi connectivity index (χ1) is 9.22. The van der Waals surface area contributed by atoms with E-state index >= 15 is 0 Å². The molecule has 0 saturated carbocycles. The molecular weight excluding hydrogens is 240 g/mol. The second kappa shape index (κ2) is 9.56. The smallest absolute Gasteiger partial charge is 0.306 e. The number of hydrogen-bond donors (Lipinski definition) is 1. The number of aliphatic hydroxyl groups is 1. The average Bonchev–Trinajstić information content (AvgIpc) is 2.44. The van der Waals surface area contributed by atoms with Crippen molar-refractivity contribution in [3.8, 4) is 0 Å². The number of benzene rings is 1. The molecule has 0 unspecified atom stereocenters. The lowest BCUT2D eigenvalue weighted by molar-refractivity contribution is -0.145. The van der Waals surface area contributed by atoms with Gasteiger partial charge in [-0.2, -0.15) is 0 Å². The van der Waals surface area contributed by atoms with E-state index in [1.165, 1.54) is 0 Å². The van der Waals surface area contributed by atoms with Crippen LogP contribution in [0.5, 0.6) is 0 Å². The molecule has 1 aromatic carbocycles. The highest BCUT2D eigenvalue weighted by Gasteiger charge is 2.07. The Morgan fingerprint density at radius 1 is 1.21 bits per heavy atom. The van der Waals surface area contributed by atoms with Crippen molar-refractivity contribution in [2.75, 3.05) is 0 Å². The van der Waals surface area contributed by atoms with Crippen molar-refractivity contribution in [2.24, 2.45) is 0 Å². The molecule has 1 atom stereocenters. The monoisotopic (exact) mass is 264 g/mol. The molecule has 0 aliphatic carbocycles. The van der Waals surface area contributed by atoms with Crippen LogP contribution in [-0.2, 0) is 16.1 Å². The molecule has 1 rings (SSSR count). The van der Waals surface area contributed by atoms with Gasteiger partial charge in [0.1, 0.15) is 6.61 Å². The van der Waals surface area contributed by atoms with Crippen LogP contribution in [0.15, 0.2) is 30.3 Å². The number of carbonyl (C=O) groups is 1. The summed E-state index contributed by atoms with van der Waals surface area (Å²) in [6, 6.07) is 9.65. The predicted octanol–water partition coefficient (Wildman–Crippen LogP) is 3.45. The van der Waals surface area contributed by atoms with Gasteiger partial charge in [-0.05, 0) is 24.8 Å². The molecule has 0 spiro atoms. The Morgan fingerprint density at radius 2 is 1.89 bits per heavy atom. The van der Waals surface area contributed by atoms with Crippen LogP contribution in [0.25, 0.3) is 0 Å². The summed E-state index contributed by atoms with van der Waals surface area (Å²) in [6.07, 6.45) is 4.45. The molecule has 0 saturated heterocycles. The minimum Gasteiger partial charge on any atom is -0.461 e. The van der Waals surface area contributed by atoms with Gasteiger partial charge in [-0.15, -0.1) is 0 Å². The molecule has 0 aromatic heterocycles. The molecule has 1 aromatic rings. The van der Waals surface area contributed by atoms with E-state index in [0.717, 1.165) is 24.8 Å². The van der Waals surface area contributed by atoms with Crippen LogP contribution >= 0.6 is 0 Å². The number of hydrogen-bond acceptors (Lipinski definition) is 3. The predicted molar refractivity (Wildman–Crippen MR) is 75.6 cm³/mol. The zero-order chi connectivity index (χ0) is 13.9. The van der Waals surface area contributed by atoms with Crippen LogP contribution in [-0.4, -0.2) is 17.2 Å². The fourth-order valence-electron chi connectivity index (χ4n) is 1.88. The van der Waals surface area contributed by atoms with Gasteiger partial charge in [0.15, 0.2) is 0 Å². The molecule has 0 heterocycles. The zero-order valence-electron chi connectivity index (χ0n) is 11.7. The molecule has 0 fully saturated rings. The number of esters is 1. The summed E-state index contributed by atoms with van der Waals surface area (Å²) in [5, 5.41) is 9.65. The highest BCUT2D eigenvalue weighted by Crippen LogP contribution is 2.09. The van der Waals surface area contributed by atoms with Gasteiger partial charge in [-0.1, -0.05) is 50.1 Å². The molecule has 106 valence electrons. The van der Waals surface area contributed by atoms with E-state index in [1.807, 2.05) is 30.3 Å². The highest BCUT2D eigenvalue weighted by molar-refractivity contribution is 5.69. The first kappa shape index (κ1) is 15.7. The van der Waals surface area contributed by atoms with Crippen molar-refractivity contribution < 1.29 is 14.6 Å². The Morgan fingerprint density at radius 3 is 2.58 bits per heavy atom. The molecular formula is C16H24O3. The molecule has 0 aliphatic rings. The molecule has 3 heteroatoms. The molecule has 1 N–H and O–H groups in total. The standard InChI is InChI=1S/C16H24O3/c1-2-3-10-15(17)11-7-12-16(18)19-13-14-8-5-4-6-9-14/h4-6,8-9,15,17H,2-3,7,10-13H2,1H3/t15-/m0/s1. The molecule has 0 amide bonds. The van der Waals surface area contributed by atoms with Gasteiger partial charge >= 0.3 is 5.97 Å². The van der Waals surface area contributed by atoms with Crippen molar-refractivity contribution in [1.82, 2.24) is 0 Å². The van der Waals surface area contributed by atoms with Crippen molar-refractivity contribution >= 4 is 5.97 Å². The quantitative estimate of drug-likeness (QED) is 0.695. The molecule has 0 aliphatic heterocycles. The summed E-state index contributed by atoms with van der Waals surface area (Å²) in [4.78, 5) is 11.5. The lowest BCUT2D eigenvalue weighted by Gasteiger charge is -2.09. The zero-order valence-corrected chi connectivity index (χ0v) is 11.7. The Hall–Kier alpha value is -1.35. The summed E-state index contributed by atoms with van der Waals surface area (Å²) in [5.74, 6) is -0.188. The highest BCUT2D eigenvalue weighted by atomic mass is 16.5. The summed E-state index contributed by atoms with van der Waals surface area (Å²) in [6.45, 7) is 2.44. The first-order valence-electron chi connectivity index (χ1n) is 7.10. The van der Waals surface area contributed by atoms with E-state index in [2.05, 4.69) is 6.92 Å². The molecule has 19 heavy (non-hydrogen) atoms. The Balaban J connectivity index is 2.08. The van der Waals surface area contributed by atoms with Crippen molar-refractivity contribution in [1.29, 1.82) is 0 Å². The Labute approximate surface area is 115 Å². The van der Waals surface area contributed by atoms with Gasteiger partial charge in [0.05, 0.1) is 6.10 Å². The van der Waals surface area contributed by atoms with Crippen LogP contribution < -0.4 is 0 Å². The van der Waals surface area contributed by atoms with E-state index < -0.39 is 0 Å². The molecule has 0 bridgehead atoms. The van der Waals surface area contributed by atoms with Gasteiger partial charge < -0.3 is 9.84 Å². The van der Waals surface area contributed by atoms with Crippen LogP contribution in [0.2, 0.25) is 0 Å². The van der Waals surface area contributed by atoms with E-state index in [-0.39, 0.29) is 12.1 Å². The third-order valence-electron chi connectivity index (χ3n) is 3.05. The van der Waals surface area contributed by atoms with Gasteiger partial charge in [0, 0.05) is 6.42 Å². The number of unbranched alkanes of at least 4 members (excludes halogenated alkanes) is 1. The second-order valence-corrected chi connectivity index (χ2v) is 4.83. The van der Waals surface area contributed by atoms with Crippen LogP contribution in [0, 0.1) is 0 Å². The Bertz CT molecular complexity index is 348. The van der Waals surface area contributed by atoms with Gasteiger partial charge in [0.25, 0.3) is 0 Å². The average molecular weight is 264 g/mol. The lowest BCUT2D eigenvalue weighted by Crippen LogP contribution is -2.09. The van der Waals surface area contributed by atoms with E-state index in [9.17, 15) is 9.90 Å². The summed E-state index contributed by atoms with van der Waals surface area (Å²) >= 11 is 0. The van der Waals surface area contributed by atoms with E-state index in [0.29, 0.717) is 25.9 Å². The normalized spacial score (nSPS) is 12.1. The van der Waals surface area contributed by atoms with Crippen LogP contribution in [0.4, 0.5) is 0 Å². The van der Waals surface area contributed by atoms with Gasteiger partial charge in [-0.3, -0.25) is 4.79 Å². The van der Waals surface area contributed by atoms with E-state index in [1.54, 1.807) is 0 Å². The largest absolute Gasteiger partial charge is 0.461 e. The number of ether oxygens (including phenoxy) is 1. The maximum absolute atomic E-state index is 11.5. The SMILES string of the molecule is CCCC[C@H](O)CCCC(=O)OCc1ccccc1. The van der Waals surface area contributed by atoms with Crippen molar-refractivity contribution in [3.63, 3.8) is 0 Å². The maximum Gasteiger partial charge on any atom is 0.306 e. The molecule has 3 nitrogen and oxygen atoms in total. The second-order valence-electron chi connectivity index (χ2n) is 4.83. The number of carbonyl (C=O) groups excluding carboxylic acids is 1. The van der Waals surface area contributed by atoms with Crippen molar-refractivity contribution in [2.45, 2.75) is 58.2 Å². The van der Waals surface area contributed by atoms with Gasteiger partial charge in [0.2, 0.25) is 0 Å². The van der Waals surface area contributed by atoms with Crippen LogP contribution in [0.1, 0.15) is 51.0 Å². The Kier molecular flexibility index (Phi) is 7.91. The third kappa shape index (κ3) is 7.62. The lowest BCUT2D eigenvalue weighted by atomic mass is 10.1. The fraction of sp³-hybridized carbons (Fsp3) is 0.562. The maximum atomic E-state index is 11.5. The minimum absolute atomic E-state index is 0.188. The first-order valence-corrected chi connectivity index (χ1v) is 7.10. The fourth-order valence-corrected chi connectivity index (χ4v) is 1.88. The number of rotatable bonds is 9. The number of aliphatic hydroxyl groups excluding tert-OH is 1. The van der Waals surface area contributed by atoms with Crippen molar-refractivity contribution in [3.05, 3.63) is 35.9 Å². The summed E-state index contributed by atoms with van der Waals surface area (Å²) in [5.41, 5.74) is 0.999. The molecule has 0 radical (unpaired) electrons. The summed E-state index contributed by atoms with van der Waals surface area (Å²) < 4.78 is 5.17. The summed E-state index contributed by atoms with van der Waals surface area (Å²) in [7, 11) is 0. The van der Waals surface area contributed by atoms with Crippen LogP contribution in [0.3, 0.4) is 0 Å².